The maximum atomic E-state index is 9.16. The Kier molecular flexibility index (Phi) is 3.11. The van der Waals surface area contributed by atoms with Gasteiger partial charge in [-0.25, -0.2) is 9.97 Å². The molecule has 5 heteroatoms. The van der Waals surface area contributed by atoms with Crippen molar-refractivity contribution in [3.63, 3.8) is 0 Å². The van der Waals surface area contributed by atoms with Crippen LogP contribution in [-0.4, -0.2) is 48.1 Å². The Bertz CT molecular complexity index is 505. The Morgan fingerprint density at radius 1 is 1.21 bits per heavy atom. The molecule has 1 aromatic rings. The maximum absolute atomic E-state index is 9.16. The van der Waals surface area contributed by atoms with Crippen molar-refractivity contribution < 1.29 is 0 Å². The van der Waals surface area contributed by atoms with Crippen molar-refractivity contribution in [2.45, 2.75) is 19.3 Å². The largest absolute Gasteiger partial charge is 0.354 e. The number of rotatable bonds is 1. The fraction of sp³-hybridized carbons (Fsp3) is 0.643. The van der Waals surface area contributed by atoms with Crippen LogP contribution in [0.1, 0.15) is 25.0 Å². The van der Waals surface area contributed by atoms with Gasteiger partial charge in [0.05, 0.1) is 0 Å². The van der Waals surface area contributed by atoms with Crippen LogP contribution in [0.3, 0.4) is 0 Å². The Morgan fingerprint density at radius 3 is 2.79 bits per heavy atom. The van der Waals surface area contributed by atoms with Gasteiger partial charge < -0.3 is 9.80 Å². The summed E-state index contributed by atoms with van der Waals surface area (Å²) < 4.78 is 0. The van der Waals surface area contributed by atoms with Gasteiger partial charge in [0.2, 0.25) is 0 Å². The highest BCUT2D eigenvalue weighted by atomic mass is 15.2. The summed E-state index contributed by atoms with van der Waals surface area (Å²) in [7, 11) is 2.19. The van der Waals surface area contributed by atoms with Crippen LogP contribution in [0, 0.1) is 16.7 Å². The molecule has 0 aliphatic carbocycles. The molecule has 2 aliphatic heterocycles. The summed E-state index contributed by atoms with van der Waals surface area (Å²) in [5, 5.41) is 9.16. The standard InChI is InChI=1S/C14H19N5/c1-18-8-4-14(10-18)3-2-7-19(11-14)13-12(9-15)16-5-6-17-13/h5-6H,2-4,7-8,10-11H2,1H3/t14-/m0/s1. The van der Waals surface area contributed by atoms with Gasteiger partial charge in [-0.3, -0.25) is 0 Å². The zero-order chi connectivity index (χ0) is 13.3. The van der Waals surface area contributed by atoms with Crippen molar-refractivity contribution in [2.75, 3.05) is 38.1 Å². The second-order valence-electron chi connectivity index (χ2n) is 5.85. The first-order chi connectivity index (χ1) is 9.22. The first-order valence-electron chi connectivity index (χ1n) is 6.87. The molecule has 0 unspecified atom stereocenters. The molecule has 2 aliphatic rings. The molecule has 1 aromatic heterocycles. The predicted molar refractivity (Wildman–Crippen MR) is 72.7 cm³/mol. The van der Waals surface area contributed by atoms with E-state index in [4.69, 9.17) is 5.26 Å². The van der Waals surface area contributed by atoms with Gasteiger partial charge in [0.1, 0.15) is 6.07 Å². The summed E-state index contributed by atoms with van der Waals surface area (Å²) in [5.41, 5.74) is 0.836. The molecular formula is C14H19N5. The monoisotopic (exact) mass is 257 g/mol. The van der Waals surface area contributed by atoms with E-state index < -0.39 is 0 Å². The minimum Gasteiger partial charge on any atom is -0.354 e. The summed E-state index contributed by atoms with van der Waals surface area (Å²) in [6.45, 7) is 4.33. The van der Waals surface area contributed by atoms with Gasteiger partial charge >= 0.3 is 0 Å². The number of piperidine rings is 1. The van der Waals surface area contributed by atoms with Gasteiger partial charge in [-0.2, -0.15) is 5.26 Å². The summed E-state index contributed by atoms with van der Waals surface area (Å²) in [6.07, 6.45) is 6.98. The number of anilines is 1. The molecule has 0 N–H and O–H groups in total. The summed E-state index contributed by atoms with van der Waals surface area (Å²) in [4.78, 5) is 13.2. The number of likely N-dealkylation sites (tertiary alicyclic amines) is 1. The quantitative estimate of drug-likeness (QED) is 0.758. The van der Waals surface area contributed by atoms with E-state index in [9.17, 15) is 0 Å². The van der Waals surface area contributed by atoms with Crippen LogP contribution in [0.5, 0.6) is 0 Å². The van der Waals surface area contributed by atoms with Crippen molar-refractivity contribution in [3.05, 3.63) is 18.1 Å². The van der Waals surface area contributed by atoms with E-state index in [1.807, 2.05) is 0 Å². The molecule has 0 amide bonds. The van der Waals surface area contributed by atoms with E-state index in [0.29, 0.717) is 11.1 Å². The molecule has 100 valence electrons. The van der Waals surface area contributed by atoms with E-state index in [-0.39, 0.29) is 0 Å². The zero-order valence-electron chi connectivity index (χ0n) is 11.3. The van der Waals surface area contributed by atoms with Crippen LogP contribution in [-0.2, 0) is 0 Å². The second kappa shape index (κ2) is 4.78. The number of hydrogen-bond donors (Lipinski definition) is 0. The number of nitriles is 1. The lowest BCUT2D eigenvalue weighted by Crippen LogP contribution is -2.45. The van der Waals surface area contributed by atoms with Gasteiger partial charge in [0, 0.05) is 37.4 Å². The minimum absolute atomic E-state index is 0.386. The van der Waals surface area contributed by atoms with Crippen LogP contribution in [0.2, 0.25) is 0 Å². The Labute approximate surface area is 113 Å². The fourth-order valence-electron chi connectivity index (χ4n) is 3.52. The Hall–Kier alpha value is -1.67. The third-order valence-electron chi connectivity index (χ3n) is 4.37. The normalized spacial score (nSPS) is 27.7. The molecule has 1 atom stereocenters. The van der Waals surface area contributed by atoms with E-state index in [0.717, 1.165) is 25.5 Å². The molecular weight excluding hydrogens is 238 g/mol. The topological polar surface area (TPSA) is 56.1 Å². The first-order valence-corrected chi connectivity index (χ1v) is 6.87. The van der Waals surface area contributed by atoms with Crippen LogP contribution >= 0.6 is 0 Å². The lowest BCUT2D eigenvalue weighted by atomic mass is 9.79. The molecule has 0 aromatic carbocycles. The minimum atomic E-state index is 0.386. The number of nitrogens with zero attached hydrogens (tertiary/aromatic N) is 5. The molecule has 0 saturated carbocycles. The molecule has 2 saturated heterocycles. The molecule has 2 fully saturated rings. The van der Waals surface area contributed by atoms with Gasteiger partial charge in [0.15, 0.2) is 11.5 Å². The van der Waals surface area contributed by atoms with Crippen molar-refractivity contribution in [1.29, 1.82) is 5.26 Å². The average molecular weight is 257 g/mol. The van der Waals surface area contributed by atoms with E-state index in [1.54, 1.807) is 12.4 Å². The van der Waals surface area contributed by atoms with E-state index in [2.05, 4.69) is 32.9 Å². The SMILES string of the molecule is CN1CC[C@@]2(CCCN(c3nccnc3C#N)C2)C1. The highest BCUT2D eigenvalue weighted by Crippen LogP contribution is 2.39. The van der Waals surface area contributed by atoms with Gasteiger partial charge in [0.25, 0.3) is 0 Å². The molecule has 5 nitrogen and oxygen atoms in total. The lowest BCUT2D eigenvalue weighted by Gasteiger charge is -2.41. The summed E-state index contributed by atoms with van der Waals surface area (Å²) >= 11 is 0. The Balaban J connectivity index is 1.84. The molecule has 19 heavy (non-hydrogen) atoms. The molecule has 0 bridgehead atoms. The highest BCUT2D eigenvalue weighted by Gasteiger charge is 2.40. The van der Waals surface area contributed by atoms with Crippen molar-refractivity contribution in [2.24, 2.45) is 5.41 Å². The van der Waals surface area contributed by atoms with Gasteiger partial charge in [-0.05, 0) is 32.9 Å². The molecule has 3 rings (SSSR count). The molecule has 1 spiro atoms. The van der Waals surface area contributed by atoms with Crippen molar-refractivity contribution >= 4 is 5.82 Å². The number of hydrogen-bond acceptors (Lipinski definition) is 5. The summed E-state index contributed by atoms with van der Waals surface area (Å²) in [5.74, 6) is 0.763. The Morgan fingerprint density at radius 2 is 2.05 bits per heavy atom. The highest BCUT2D eigenvalue weighted by molar-refractivity contribution is 5.50. The predicted octanol–water partition coefficient (Wildman–Crippen LogP) is 1.27. The zero-order valence-corrected chi connectivity index (χ0v) is 11.3. The summed E-state index contributed by atoms with van der Waals surface area (Å²) in [6, 6.07) is 2.15. The maximum Gasteiger partial charge on any atom is 0.183 e. The van der Waals surface area contributed by atoms with Gasteiger partial charge in [-0.15, -0.1) is 0 Å². The van der Waals surface area contributed by atoms with Crippen molar-refractivity contribution in [1.82, 2.24) is 14.9 Å². The average Bonchev–Trinajstić information content (AvgIpc) is 2.79. The number of aromatic nitrogens is 2. The smallest absolute Gasteiger partial charge is 0.183 e. The van der Waals surface area contributed by atoms with Gasteiger partial charge in [-0.1, -0.05) is 0 Å². The third kappa shape index (κ3) is 2.28. The lowest BCUT2D eigenvalue weighted by molar-refractivity contribution is 0.233. The second-order valence-corrected chi connectivity index (χ2v) is 5.85. The fourth-order valence-corrected chi connectivity index (χ4v) is 3.52. The van der Waals surface area contributed by atoms with Crippen LogP contribution in [0.15, 0.2) is 12.4 Å². The first kappa shape index (κ1) is 12.4. The van der Waals surface area contributed by atoms with Crippen LogP contribution < -0.4 is 4.90 Å². The van der Waals surface area contributed by atoms with Crippen LogP contribution in [0.4, 0.5) is 5.82 Å². The van der Waals surface area contributed by atoms with Crippen molar-refractivity contribution in [3.8, 4) is 6.07 Å². The van der Waals surface area contributed by atoms with E-state index in [1.165, 1.54) is 25.8 Å². The molecule has 3 heterocycles. The molecule has 0 radical (unpaired) electrons. The van der Waals surface area contributed by atoms with Crippen LogP contribution in [0.25, 0.3) is 0 Å². The van der Waals surface area contributed by atoms with E-state index >= 15 is 0 Å². The third-order valence-corrected chi connectivity index (χ3v) is 4.37.